The average molecular weight is 394 g/mol. The third-order valence-corrected chi connectivity index (χ3v) is 4.62. The minimum atomic E-state index is -4.37. The highest BCUT2D eigenvalue weighted by atomic mass is 35.5. The van der Waals surface area contributed by atoms with Gasteiger partial charge in [0.1, 0.15) is 5.75 Å². The van der Waals surface area contributed by atoms with E-state index in [0.29, 0.717) is 24.7 Å². The zero-order valence-electron chi connectivity index (χ0n) is 14.3. The molecule has 0 aliphatic carbocycles. The van der Waals surface area contributed by atoms with Crippen LogP contribution < -0.4 is 10.1 Å². The Morgan fingerprint density at radius 1 is 1.15 bits per heavy atom. The van der Waals surface area contributed by atoms with Crippen LogP contribution in [-0.2, 0) is 0 Å². The highest BCUT2D eigenvalue weighted by Crippen LogP contribution is 2.21. The lowest BCUT2D eigenvalue weighted by Gasteiger charge is -2.32. The second kappa shape index (κ2) is 8.92. The lowest BCUT2D eigenvalue weighted by atomic mass is 10.2. The maximum absolute atomic E-state index is 12.6. The summed E-state index contributed by atoms with van der Waals surface area (Å²) in [5, 5.41) is 3.32. The minimum absolute atomic E-state index is 0. The first-order valence-corrected chi connectivity index (χ1v) is 8.46. The van der Waals surface area contributed by atoms with Gasteiger partial charge in [0.2, 0.25) is 0 Å². The zero-order chi connectivity index (χ0) is 17.9. The van der Waals surface area contributed by atoms with Crippen molar-refractivity contribution in [2.24, 2.45) is 0 Å². The summed E-state index contributed by atoms with van der Waals surface area (Å²) in [7, 11) is 0. The molecule has 9 heteroatoms. The summed E-state index contributed by atoms with van der Waals surface area (Å²) in [6.45, 7) is 4.02. The Hall–Kier alpha value is -1.51. The van der Waals surface area contributed by atoms with Crippen LogP contribution in [0.4, 0.5) is 13.2 Å². The SMILES string of the molecule is Cl.O=C(c1ccc(OCC(F)(F)F)cc1)N1CCC(N2CCNCC2)C1. The first kappa shape index (κ1) is 20.8. The number of amides is 1. The molecule has 5 nitrogen and oxygen atoms in total. The standard InChI is InChI=1S/C17H22F3N3O2.ClH/c18-17(19,20)12-25-15-3-1-13(2-4-15)16(24)23-8-5-14(11-23)22-9-6-21-7-10-22;/h1-4,14,21H,5-12H2;1H. The average Bonchev–Trinajstić information content (AvgIpc) is 3.10. The molecule has 26 heavy (non-hydrogen) atoms. The van der Waals surface area contributed by atoms with Crippen LogP contribution in [0.25, 0.3) is 0 Å². The molecule has 1 unspecified atom stereocenters. The van der Waals surface area contributed by atoms with Gasteiger partial charge in [0, 0.05) is 50.9 Å². The summed E-state index contributed by atoms with van der Waals surface area (Å²) >= 11 is 0. The number of hydrogen-bond acceptors (Lipinski definition) is 4. The molecule has 0 spiro atoms. The molecule has 1 aromatic rings. The van der Waals surface area contributed by atoms with E-state index in [1.54, 1.807) is 0 Å². The summed E-state index contributed by atoms with van der Waals surface area (Å²) in [6, 6.07) is 6.24. The van der Waals surface area contributed by atoms with Gasteiger partial charge in [-0.15, -0.1) is 12.4 Å². The van der Waals surface area contributed by atoms with Crippen molar-refractivity contribution in [1.29, 1.82) is 0 Å². The Balaban J connectivity index is 0.00000243. The van der Waals surface area contributed by atoms with Crippen LogP contribution >= 0.6 is 12.4 Å². The van der Waals surface area contributed by atoms with Crippen LogP contribution in [0, 0.1) is 0 Å². The molecule has 0 bridgehead atoms. The van der Waals surface area contributed by atoms with Crippen molar-refractivity contribution in [1.82, 2.24) is 15.1 Å². The molecule has 1 amide bonds. The predicted molar refractivity (Wildman–Crippen MR) is 94.0 cm³/mol. The van der Waals surface area contributed by atoms with Gasteiger partial charge >= 0.3 is 6.18 Å². The van der Waals surface area contributed by atoms with E-state index in [2.05, 4.69) is 15.0 Å². The third-order valence-electron chi connectivity index (χ3n) is 4.62. The number of rotatable bonds is 4. The van der Waals surface area contributed by atoms with Crippen molar-refractivity contribution in [3.8, 4) is 5.75 Å². The Kier molecular flexibility index (Phi) is 7.14. The van der Waals surface area contributed by atoms with Gasteiger partial charge in [0.05, 0.1) is 0 Å². The number of carbonyl (C=O) groups is 1. The highest BCUT2D eigenvalue weighted by molar-refractivity contribution is 5.94. The van der Waals surface area contributed by atoms with Crippen molar-refractivity contribution in [2.75, 3.05) is 45.9 Å². The first-order valence-electron chi connectivity index (χ1n) is 8.46. The van der Waals surface area contributed by atoms with Crippen molar-refractivity contribution in [3.05, 3.63) is 29.8 Å². The summed E-state index contributed by atoms with van der Waals surface area (Å²) in [6.07, 6.45) is -3.42. The van der Waals surface area contributed by atoms with E-state index in [0.717, 1.165) is 32.6 Å². The van der Waals surface area contributed by atoms with E-state index < -0.39 is 12.8 Å². The Bertz CT molecular complexity index is 592. The number of halogens is 4. The van der Waals surface area contributed by atoms with Gasteiger partial charge in [-0.05, 0) is 30.7 Å². The van der Waals surface area contributed by atoms with Crippen molar-refractivity contribution < 1.29 is 22.7 Å². The Morgan fingerprint density at radius 2 is 1.81 bits per heavy atom. The number of alkyl halides is 3. The Labute approximate surface area is 156 Å². The molecule has 1 aromatic carbocycles. The molecule has 3 rings (SSSR count). The van der Waals surface area contributed by atoms with Crippen LogP contribution in [0.3, 0.4) is 0 Å². The molecule has 0 aromatic heterocycles. The fraction of sp³-hybridized carbons (Fsp3) is 0.588. The van der Waals surface area contributed by atoms with Crippen LogP contribution in [-0.4, -0.2) is 73.8 Å². The summed E-state index contributed by atoms with van der Waals surface area (Å²) < 4.78 is 41.1. The number of piperazine rings is 1. The van der Waals surface area contributed by atoms with Crippen molar-refractivity contribution >= 4 is 18.3 Å². The highest BCUT2D eigenvalue weighted by Gasteiger charge is 2.31. The topological polar surface area (TPSA) is 44.8 Å². The van der Waals surface area contributed by atoms with Gasteiger partial charge in [-0.25, -0.2) is 0 Å². The number of ether oxygens (including phenoxy) is 1. The van der Waals surface area contributed by atoms with E-state index in [1.807, 2.05) is 4.90 Å². The van der Waals surface area contributed by atoms with Crippen LogP contribution in [0.15, 0.2) is 24.3 Å². The Morgan fingerprint density at radius 3 is 2.42 bits per heavy atom. The minimum Gasteiger partial charge on any atom is -0.484 e. The number of likely N-dealkylation sites (tertiary alicyclic amines) is 1. The molecule has 0 saturated carbocycles. The zero-order valence-corrected chi connectivity index (χ0v) is 15.1. The molecule has 2 aliphatic heterocycles. The number of benzene rings is 1. The first-order chi connectivity index (χ1) is 11.9. The van der Waals surface area contributed by atoms with Crippen LogP contribution in [0.5, 0.6) is 5.75 Å². The largest absolute Gasteiger partial charge is 0.484 e. The van der Waals surface area contributed by atoms with E-state index in [-0.39, 0.29) is 24.1 Å². The van der Waals surface area contributed by atoms with E-state index >= 15 is 0 Å². The predicted octanol–water partition coefficient (Wildman–Crippen LogP) is 2.17. The molecule has 2 aliphatic rings. The quantitative estimate of drug-likeness (QED) is 0.851. The lowest BCUT2D eigenvalue weighted by Crippen LogP contribution is -2.49. The second-order valence-electron chi connectivity index (χ2n) is 6.41. The van der Waals surface area contributed by atoms with E-state index in [4.69, 9.17) is 0 Å². The van der Waals surface area contributed by atoms with Gasteiger partial charge in [-0.3, -0.25) is 9.69 Å². The summed E-state index contributed by atoms with van der Waals surface area (Å²) in [5.74, 6) is 0.0222. The van der Waals surface area contributed by atoms with Crippen LogP contribution in [0.1, 0.15) is 16.8 Å². The van der Waals surface area contributed by atoms with Crippen molar-refractivity contribution in [2.45, 2.75) is 18.6 Å². The van der Waals surface area contributed by atoms with Crippen molar-refractivity contribution in [3.63, 3.8) is 0 Å². The van der Waals surface area contributed by atoms with E-state index in [9.17, 15) is 18.0 Å². The van der Waals surface area contributed by atoms with Crippen LogP contribution in [0.2, 0.25) is 0 Å². The number of hydrogen-bond donors (Lipinski definition) is 1. The smallest absolute Gasteiger partial charge is 0.422 e. The molecule has 2 heterocycles. The van der Waals surface area contributed by atoms with Gasteiger partial charge in [-0.2, -0.15) is 13.2 Å². The lowest BCUT2D eigenvalue weighted by molar-refractivity contribution is -0.153. The molecular formula is C17H23ClF3N3O2. The van der Waals surface area contributed by atoms with E-state index in [1.165, 1.54) is 24.3 Å². The summed E-state index contributed by atoms with van der Waals surface area (Å²) in [4.78, 5) is 16.8. The number of nitrogens with zero attached hydrogens (tertiary/aromatic N) is 2. The monoisotopic (exact) mass is 393 g/mol. The van der Waals surface area contributed by atoms with Gasteiger partial charge in [-0.1, -0.05) is 0 Å². The fourth-order valence-electron chi connectivity index (χ4n) is 3.31. The normalized spacial score (nSPS) is 21.3. The molecule has 2 saturated heterocycles. The van der Waals surface area contributed by atoms with Gasteiger partial charge in [0.25, 0.3) is 5.91 Å². The fourth-order valence-corrected chi connectivity index (χ4v) is 3.31. The molecule has 1 atom stereocenters. The molecule has 2 fully saturated rings. The number of carbonyl (C=O) groups excluding carboxylic acids is 1. The third kappa shape index (κ3) is 5.49. The second-order valence-corrected chi connectivity index (χ2v) is 6.41. The maximum atomic E-state index is 12.6. The summed E-state index contributed by atoms with van der Waals surface area (Å²) in [5.41, 5.74) is 0.473. The molecule has 0 radical (unpaired) electrons. The number of nitrogens with one attached hydrogen (secondary N) is 1. The molecular weight excluding hydrogens is 371 g/mol. The molecule has 146 valence electrons. The molecule has 1 N–H and O–H groups in total. The maximum Gasteiger partial charge on any atom is 0.422 e. The van der Waals surface area contributed by atoms with Gasteiger partial charge < -0.3 is 15.0 Å². The van der Waals surface area contributed by atoms with Gasteiger partial charge in [0.15, 0.2) is 6.61 Å².